The summed E-state index contributed by atoms with van der Waals surface area (Å²) in [5, 5.41) is 3.94. The first-order valence-corrected chi connectivity index (χ1v) is 11.8. The number of urea groups is 1. The fourth-order valence-electron chi connectivity index (χ4n) is 3.63. The first-order valence-electron chi connectivity index (χ1n) is 10.3. The molecule has 32 heavy (non-hydrogen) atoms. The number of nitrogens with one attached hydrogen (secondary N) is 2. The molecule has 172 valence electrons. The third kappa shape index (κ3) is 5.82. The van der Waals surface area contributed by atoms with Crippen molar-refractivity contribution in [3.05, 3.63) is 60.2 Å². The van der Waals surface area contributed by atoms with Crippen molar-refractivity contribution in [1.29, 1.82) is 0 Å². The number of hydrogen-bond acceptors (Lipinski definition) is 4. The summed E-state index contributed by atoms with van der Waals surface area (Å²) < 4.78 is 51.9. The first kappa shape index (κ1) is 23.6. The van der Waals surface area contributed by atoms with Crippen LogP contribution < -0.4 is 10.6 Å². The van der Waals surface area contributed by atoms with Gasteiger partial charge in [0.1, 0.15) is 16.9 Å². The molecule has 10 heteroatoms. The molecule has 1 fully saturated rings. The van der Waals surface area contributed by atoms with Gasteiger partial charge in [0.05, 0.1) is 4.90 Å². The molecule has 0 spiro atoms. The Morgan fingerprint density at radius 3 is 2.53 bits per heavy atom. The molecule has 0 unspecified atom stereocenters. The van der Waals surface area contributed by atoms with E-state index in [0.717, 1.165) is 30.7 Å². The van der Waals surface area contributed by atoms with Gasteiger partial charge in [0.2, 0.25) is 5.91 Å². The van der Waals surface area contributed by atoms with Crippen LogP contribution >= 0.6 is 0 Å². The zero-order chi connectivity index (χ0) is 23.3. The van der Waals surface area contributed by atoms with Crippen molar-refractivity contribution in [3.8, 4) is 0 Å². The molecule has 3 amide bonds. The normalized spacial score (nSPS) is 17.5. The van der Waals surface area contributed by atoms with Gasteiger partial charge in [0, 0.05) is 25.3 Å². The van der Waals surface area contributed by atoms with Crippen LogP contribution in [0.3, 0.4) is 0 Å². The van der Waals surface area contributed by atoms with Crippen LogP contribution in [0.2, 0.25) is 0 Å². The zero-order valence-corrected chi connectivity index (χ0v) is 18.4. The molecule has 1 aliphatic rings. The maximum atomic E-state index is 13.2. The number of carbonyl (C=O) groups is 2. The second-order valence-corrected chi connectivity index (χ2v) is 10.0. The largest absolute Gasteiger partial charge is 0.341 e. The highest BCUT2D eigenvalue weighted by molar-refractivity contribution is 7.92. The monoisotopic (exact) mass is 465 g/mol. The minimum absolute atomic E-state index is 0.0494. The first-order chi connectivity index (χ1) is 15.2. The number of benzene rings is 2. The highest BCUT2D eigenvalue weighted by Crippen LogP contribution is 2.22. The van der Waals surface area contributed by atoms with Gasteiger partial charge < -0.3 is 15.5 Å². The van der Waals surface area contributed by atoms with E-state index in [9.17, 15) is 26.8 Å². The molecule has 2 aromatic carbocycles. The zero-order valence-electron chi connectivity index (χ0n) is 17.6. The maximum absolute atomic E-state index is 13.2. The molecule has 0 aliphatic carbocycles. The lowest BCUT2D eigenvalue weighted by molar-refractivity contribution is -0.132. The van der Waals surface area contributed by atoms with Gasteiger partial charge in [-0.1, -0.05) is 6.07 Å². The van der Waals surface area contributed by atoms with Crippen molar-refractivity contribution in [2.45, 2.75) is 29.9 Å². The summed E-state index contributed by atoms with van der Waals surface area (Å²) in [6.45, 7) is 2.34. The lowest BCUT2D eigenvalue weighted by atomic mass is 9.98. The highest BCUT2D eigenvalue weighted by Gasteiger charge is 2.35. The predicted molar refractivity (Wildman–Crippen MR) is 116 cm³/mol. The Morgan fingerprint density at radius 1 is 1.12 bits per heavy atom. The van der Waals surface area contributed by atoms with Crippen LogP contribution in [-0.4, -0.2) is 50.1 Å². The summed E-state index contributed by atoms with van der Waals surface area (Å²) in [5.41, 5.74) is 0.322. The van der Waals surface area contributed by atoms with Crippen LogP contribution in [0.5, 0.6) is 0 Å². The topological polar surface area (TPSA) is 95.6 Å². The summed E-state index contributed by atoms with van der Waals surface area (Å²) in [4.78, 5) is 26.3. The summed E-state index contributed by atoms with van der Waals surface area (Å²) in [6.07, 6.45) is 1.44. The average Bonchev–Trinajstić information content (AvgIpc) is 2.77. The van der Waals surface area contributed by atoms with Crippen LogP contribution in [0.4, 0.5) is 19.3 Å². The van der Waals surface area contributed by atoms with Crippen molar-refractivity contribution in [3.63, 3.8) is 0 Å². The average molecular weight is 466 g/mol. The number of nitrogens with zero attached hydrogens (tertiary/aromatic N) is 1. The second-order valence-electron chi connectivity index (χ2n) is 7.78. The van der Waals surface area contributed by atoms with Gasteiger partial charge in [0.15, 0.2) is 9.84 Å². The van der Waals surface area contributed by atoms with E-state index in [4.69, 9.17) is 0 Å². The summed E-state index contributed by atoms with van der Waals surface area (Å²) in [7, 11) is -3.95. The number of piperidine rings is 1. The van der Waals surface area contributed by atoms with Crippen molar-refractivity contribution in [1.82, 2.24) is 10.2 Å². The van der Waals surface area contributed by atoms with Crippen LogP contribution in [0.1, 0.15) is 19.8 Å². The second kappa shape index (κ2) is 10.1. The highest BCUT2D eigenvalue weighted by atomic mass is 32.2. The van der Waals surface area contributed by atoms with Crippen LogP contribution in [0, 0.1) is 17.6 Å². The molecule has 1 heterocycles. The Labute approximate surface area is 185 Å². The molecule has 0 aromatic heterocycles. The van der Waals surface area contributed by atoms with Crippen molar-refractivity contribution < 1.29 is 26.8 Å². The van der Waals surface area contributed by atoms with Crippen LogP contribution in [0.25, 0.3) is 0 Å². The summed E-state index contributed by atoms with van der Waals surface area (Å²) >= 11 is 0. The molecular formula is C22H25F2N3O4S. The van der Waals surface area contributed by atoms with E-state index < -0.39 is 38.7 Å². The third-order valence-electron chi connectivity index (χ3n) is 5.42. The Morgan fingerprint density at radius 2 is 1.84 bits per heavy atom. The number of anilines is 1. The summed E-state index contributed by atoms with van der Waals surface area (Å²) in [5.74, 6) is -1.60. The predicted octanol–water partition coefficient (Wildman–Crippen LogP) is 3.19. The van der Waals surface area contributed by atoms with E-state index in [2.05, 4.69) is 10.6 Å². The van der Waals surface area contributed by atoms with Gasteiger partial charge in [-0.05, 0) is 68.1 Å². The van der Waals surface area contributed by atoms with Gasteiger partial charge in [-0.25, -0.2) is 22.0 Å². The van der Waals surface area contributed by atoms with E-state index in [1.54, 1.807) is 6.07 Å². The minimum Gasteiger partial charge on any atom is -0.341 e. The molecule has 3 rings (SSSR count). The van der Waals surface area contributed by atoms with E-state index in [0.29, 0.717) is 25.2 Å². The molecule has 0 radical (unpaired) electrons. The van der Waals surface area contributed by atoms with Crippen LogP contribution in [0.15, 0.2) is 53.4 Å². The van der Waals surface area contributed by atoms with Gasteiger partial charge in [-0.2, -0.15) is 0 Å². The molecule has 7 nitrogen and oxygen atoms in total. The molecule has 2 N–H and O–H groups in total. The molecule has 1 saturated heterocycles. The van der Waals surface area contributed by atoms with Gasteiger partial charge in [-0.15, -0.1) is 0 Å². The van der Waals surface area contributed by atoms with Gasteiger partial charge in [-0.3, -0.25) is 4.79 Å². The number of hydrogen-bond donors (Lipinski definition) is 2. The fraction of sp³-hybridized carbons (Fsp3) is 0.364. The fourth-order valence-corrected chi connectivity index (χ4v) is 4.97. The molecule has 1 aliphatic heterocycles. The number of amides is 3. The summed E-state index contributed by atoms with van der Waals surface area (Å²) in [6, 6.07) is 9.40. The third-order valence-corrected chi connectivity index (χ3v) is 7.48. The molecule has 0 saturated carbocycles. The lowest BCUT2D eigenvalue weighted by Crippen LogP contribution is -2.48. The number of likely N-dealkylation sites (tertiary alicyclic amines) is 1. The minimum atomic E-state index is -3.95. The van der Waals surface area contributed by atoms with Gasteiger partial charge in [0.25, 0.3) is 0 Å². The van der Waals surface area contributed by atoms with Crippen molar-refractivity contribution in [2.75, 3.05) is 25.0 Å². The quantitative estimate of drug-likeness (QED) is 0.641. The maximum Gasteiger partial charge on any atom is 0.319 e. The van der Waals surface area contributed by atoms with Crippen molar-refractivity contribution in [2.24, 2.45) is 5.92 Å². The number of sulfone groups is 1. The Hall–Kier alpha value is -3.01. The Kier molecular flexibility index (Phi) is 7.44. The number of carbonyl (C=O) groups excluding carboxylic acids is 2. The van der Waals surface area contributed by atoms with E-state index in [1.807, 2.05) is 0 Å². The molecule has 0 bridgehead atoms. The van der Waals surface area contributed by atoms with E-state index in [-0.39, 0.29) is 17.4 Å². The van der Waals surface area contributed by atoms with Crippen molar-refractivity contribution >= 4 is 27.5 Å². The number of rotatable bonds is 6. The molecular weight excluding hydrogens is 440 g/mol. The standard InChI is InChI=1S/C22H25F2N3O4S/c1-15(32(30,31)20-9-7-17(23)8-10-20)21(28)27-11-3-4-16(14-27)13-25-22(29)26-19-6-2-5-18(24)12-19/h2,5-10,12,15-16H,3-4,11,13-14H2,1H3,(H2,25,26,29)/t15-,16-/m0/s1. The Balaban J connectivity index is 1.56. The molecule has 2 aromatic rings. The smallest absolute Gasteiger partial charge is 0.319 e. The van der Waals surface area contributed by atoms with Crippen LogP contribution in [-0.2, 0) is 14.6 Å². The van der Waals surface area contributed by atoms with Gasteiger partial charge >= 0.3 is 6.03 Å². The lowest BCUT2D eigenvalue weighted by Gasteiger charge is -2.34. The van der Waals surface area contributed by atoms with E-state index in [1.165, 1.54) is 30.0 Å². The SMILES string of the molecule is C[C@@H](C(=O)N1CCC[C@@H](CNC(=O)Nc2cccc(F)c2)C1)S(=O)(=O)c1ccc(F)cc1. The molecule has 2 atom stereocenters. The van der Waals surface area contributed by atoms with E-state index >= 15 is 0 Å². The number of halogens is 2. The Bertz CT molecular complexity index is 1080.